The third kappa shape index (κ3) is 4.53. The minimum atomic E-state index is -1.48. The molecule has 0 saturated heterocycles. The second kappa shape index (κ2) is 7.93. The van der Waals surface area contributed by atoms with E-state index in [4.69, 9.17) is 10.2 Å². The Labute approximate surface area is 166 Å². The molecule has 0 atom stereocenters. The first-order valence-corrected chi connectivity index (χ1v) is 6.72. The third-order valence-electron chi connectivity index (χ3n) is 2.63. The van der Waals surface area contributed by atoms with Crippen molar-refractivity contribution in [1.82, 2.24) is 0 Å². The second-order valence-electron chi connectivity index (χ2n) is 3.93. The van der Waals surface area contributed by atoms with E-state index in [1.165, 1.54) is 48.5 Å². The van der Waals surface area contributed by atoms with Gasteiger partial charge in [0.2, 0.25) is 0 Å². The first-order valence-electron chi connectivity index (χ1n) is 5.57. The minimum absolute atomic E-state index is 0. The van der Waals surface area contributed by atoms with Crippen molar-refractivity contribution in [2.45, 2.75) is 9.79 Å². The Kier molecular flexibility index (Phi) is 6.85. The fourth-order valence-corrected chi connectivity index (χ4v) is 2.62. The third-order valence-corrected chi connectivity index (χ3v) is 4.03. The topological polar surface area (TPSA) is 91.7 Å². The van der Waals surface area contributed by atoms with Gasteiger partial charge in [0.05, 0.1) is 21.9 Å². The van der Waals surface area contributed by atoms with Crippen molar-refractivity contribution < 1.29 is 26.9 Å². The first-order chi connectivity index (χ1) is 9.49. The van der Waals surface area contributed by atoms with Crippen molar-refractivity contribution in [3.63, 3.8) is 0 Å². The van der Waals surface area contributed by atoms with Gasteiger partial charge in [-0.15, -0.1) is 0 Å². The van der Waals surface area contributed by atoms with E-state index >= 15 is 0 Å². The Hall–Kier alpha value is -0.899. The van der Waals surface area contributed by atoms with Gasteiger partial charge in [0, 0.05) is 9.79 Å². The summed E-state index contributed by atoms with van der Waals surface area (Å²) in [5.41, 5.74) is 0.235. The molecule has 0 aliphatic heterocycles. The summed E-state index contributed by atoms with van der Waals surface area (Å²) < 4.78 is 12.2. The summed E-state index contributed by atoms with van der Waals surface area (Å²) in [6, 6.07) is 11.4. The number of aromatic carboxylic acids is 2. The van der Waals surface area contributed by atoms with E-state index in [9.17, 15) is 13.8 Å². The van der Waals surface area contributed by atoms with Gasteiger partial charge in [-0.25, -0.2) is 13.8 Å². The zero-order valence-corrected chi connectivity index (χ0v) is 16.1. The molecule has 0 radical (unpaired) electrons. The van der Waals surface area contributed by atoms with Gasteiger partial charge < -0.3 is 13.1 Å². The summed E-state index contributed by atoms with van der Waals surface area (Å²) in [5.74, 6) is -2.10. The van der Waals surface area contributed by atoms with Crippen molar-refractivity contribution in [3.05, 3.63) is 59.7 Å². The molecule has 0 unspecified atom stereocenters. The fourth-order valence-electron chi connectivity index (χ4n) is 1.58. The molecule has 0 aromatic heterocycles. The maximum Gasteiger partial charge on any atom is 2.00 e. The standard InChI is InChI=1S/C14H10O5S.Ba.2H/c15-13(16)9-1-5-11(6-2-9)20(19)12-7-3-10(4-8-12)14(17)18;;;/h1-8H,(H,15,16)(H,17,18);;;/q;+2;2*-1. The van der Waals surface area contributed by atoms with Crippen LogP contribution in [-0.4, -0.2) is 75.2 Å². The minimum Gasteiger partial charge on any atom is -1.00 e. The fraction of sp³-hybridized carbons (Fsp3) is 0. The van der Waals surface area contributed by atoms with Gasteiger partial charge in [0.1, 0.15) is 0 Å². The Morgan fingerprint density at radius 2 is 1.05 bits per heavy atom. The maximum absolute atomic E-state index is 12.2. The van der Waals surface area contributed by atoms with Gasteiger partial charge in [0.25, 0.3) is 0 Å². The Morgan fingerprint density at radius 3 is 1.29 bits per heavy atom. The molecule has 0 fully saturated rings. The molecule has 2 rings (SSSR count). The van der Waals surface area contributed by atoms with E-state index in [0.717, 1.165) is 0 Å². The van der Waals surface area contributed by atoms with Gasteiger partial charge in [-0.05, 0) is 48.5 Å². The number of carbonyl (C=O) groups is 2. The summed E-state index contributed by atoms with van der Waals surface area (Å²) >= 11 is 0. The van der Waals surface area contributed by atoms with Crippen LogP contribution in [-0.2, 0) is 10.8 Å². The number of hydrogen-bond donors (Lipinski definition) is 2. The van der Waals surface area contributed by atoms with Gasteiger partial charge >= 0.3 is 60.8 Å². The van der Waals surface area contributed by atoms with E-state index in [2.05, 4.69) is 0 Å². The smallest absolute Gasteiger partial charge is 1.00 e. The van der Waals surface area contributed by atoms with Crippen molar-refractivity contribution >= 4 is 71.6 Å². The summed E-state index contributed by atoms with van der Waals surface area (Å²) in [6.45, 7) is 0. The molecule has 0 spiro atoms. The summed E-state index contributed by atoms with van der Waals surface area (Å²) in [7, 11) is -1.48. The van der Waals surface area contributed by atoms with Crippen LogP contribution in [0.3, 0.4) is 0 Å². The predicted octanol–water partition coefficient (Wildman–Crippen LogP) is 2.09. The molecule has 2 N–H and O–H groups in total. The quantitative estimate of drug-likeness (QED) is 0.726. The van der Waals surface area contributed by atoms with Crippen LogP contribution in [0.15, 0.2) is 58.3 Å². The van der Waals surface area contributed by atoms with E-state index in [1.54, 1.807) is 0 Å². The van der Waals surface area contributed by atoms with Crippen molar-refractivity contribution in [2.75, 3.05) is 0 Å². The van der Waals surface area contributed by atoms with Crippen LogP contribution < -0.4 is 0 Å². The van der Waals surface area contributed by atoms with Gasteiger partial charge in [0.15, 0.2) is 0 Å². The molecule has 2 aromatic carbocycles. The average Bonchev–Trinajstić information content (AvgIpc) is 2.46. The largest absolute Gasteiger partial charge is 2.00 e. The van der Waals surface area contributed by atoms with Crippen molar-refractivity contribution in [1.29, 1.82) is 0 Å². The first kappa shape index (κ1) is 18.2. The molecule has 0 saturated carbocycles. The number of rotatable bonds is 4. The van der Waals surface area contributed by atoms with E-state index < -0.39 is 22.7 Å². The molecule has 0 aliphatic rings. The summed E-state index contributed by atoms with van der Waals surface area (Å²) in [5, 5.41) is 17.6. The van der Waals surface area contributed by atoms with E-state index in [-0.39, 0.29) is 62.9 Å². The molecule has 106 valence electrons. The Bertz CT molecular complexity index is 630. The summed E-state index contributed by atoms with van der Waals surface area (Å²) in [6.07, 6.45) is 0. The van der Waals surface area contributed by atoms with Gasteiger partial charge in [-0.2, -0.15) is 0 Å². The number of benzene rings is 2. The molecular formula is C14H12BaO5S. The Morgan fingerprint density at radius 1 is 0.762 bits per heavy atom. The monoisotopic (exact) mass is 430 g/mol. The predicted molar refractivity (Wildman–Crippen MR) is 79.5 cm³/mol. The molecule has 2 aromatic rings. The molecular weight excluding hydrogens is 418 g/mol. The van der Waals surface area contributed by atoms with Crippen molar-refractivity contribution in [2.24, 2.45) is 0 Å². The van der Waals surface area contributed by atoms with Crippen LogP contribution in [0.25, 0.3) is 0 Å². The van der Waals surface area contributed by atoms with Crippen LogP contribution in [0.5, 0.6) is 0 Å². The van der Waals surface area contributed by atoms with Crippen LogP contribution in [0.4, 0.5) is 0 Å². The van der Waals surface area contributed by atoms with Crippen LogP contribution in [0, 0.1) is 0 Å². The van der Waals surface area contributed by atoms with Crippen LogP contribution >= 0.6 is 0 Å². The van der Waals surface area contributed by atoms with E-state index in [0.29, 0.717) is 9.79 Å². The number of carboxylic acid groups (broad SMARTS) is 2. The second-order valence-corrected chi connectivity index (χ2v) is 5.41. The number of hydrogen-bond acceptors (Lipinski definition) is 3. The van der Waals surface area contributed by atoms with Gasteiger partial charge in [-0.1, -0.05) is 0 Å². The zero-order chi connectivity index (χ0) is 14.7. The molecule has 5 nitrogen and oxygen atoms in total. The molecule has 0 bridgehead atoms. The molecule has 0 aliphatic carbocycles. The molecule has 7 heteroatoms. The van der Waals surface area contributed by atoms with Gasteiger partial charge in [-0.3, -0.25) is 0 Å². The van der Waals surface area contributed by atoms with Crippen LogP contribution in [0.1, 0.15) is 23.6 Å². The number of carboxylic acids is 2. The SMILES string of the molecule is O=C(O)c1ccc(S(=O)c2ccc(C(=O)O)cc2)cc1.[Ba+2].[H-].[H-]. The van der Waals surface area contributed by atoms with E-state index in [1.807, 2.05) is 0 Å². The molecule has 21 heavy (non-hydrogen) atoms. The maximum atomic E-state index is 12.2. The summed E-state index contributed by atoms with van der Waals surface area (Å²) in [4.78, 5) is 22.4. The Balaban J connectivity index is 0. The average molecular weight is 430 g/mol. The van der Waals surface area contributed by atoms with Crippen molar-refractivity contribution in [3.8, 4) is 0 Å². The molecule has 0 heterocycles. The molecule has 0 amide bonds. The zero-order valence-electron chi connectivity index (χ0n) is 12.9. The normalized spacial score (nSPS) is 9.95. The van der Waals surface area contributed by atoms with Crippen LogP contribution in [0.2, 0.25) is 0 Å².